The van der Waals surface area contributed by atoms with Crippen LogP contribution in [0.3, 0.4) is 0 Å². The van der Waals surface area contributed by atoms with Crippen molar-refractivity contribution < 1.29 is 4.79 Å². The Hall–Kier alpha value is -2.57. The van der Waals surface area contributed by atoms with Crippen LogP contribution >= 0.6 is 0 Å². The molecule has 2 aromatic rings. The molecule has 0 unspecified atom stereocenters. The molecule has 7 heteroatoms. The van der Waals surface area contributed by atoms with Gasteiger partial charge in [0.2, 0.25) is 11.9 Å². The molecule has 0 aliphatic heterocycles. The number of rotatable bonds is 4. The summed E-state index contributed by atoms with van der Waals surface area (Å²) in [6.07, 6.45) is 0. The summed E-state index contributed by atoms with van der Waals surface area (Å²) in [6, 6.07) is 5.02. The third kappa shape index (κ3) is 3.50. The van der Waals surface area contributed by atoms with E-state index in [1.54, 1.807) is 30.1 Å². The number of carbonyl (C=O) groups is 1. The number of likely N-dealkylation sites (N-methyl/N-ethyl adjacent to an activating group) is 1. The highest BCUT2D eigenvalue weighted by Crippen LogP contribution is 2.14. The predicted octanol–water partition coefficient (Wildman–Crippen LogP) is 0.466. The molecule has 0 saturated heterocycles. The Bertz CT molecular complexity index is 723. The topological polar surface area (TPSA) is 104 Å². The van der Waals surface area contributed by atoms with E-state index in [2.05, 4.69) is 15.3 Å². The number of nitrogen functional groups attached to an aromatic ring is 1. The van der Waals surface area contributed by atoms with E-state index in [1.165, 1.54) is 0 Å². The largest absolute Gasteiger partial charge is 0.399 e. The Labute approximate surface area is 122 Å². The molecule has 0 bridgehead atoms. The second kappa shape index (κ2) is 5.82. The summed E-state index contributed by atoms with van der Waals surface area (Å²) in [4.78, 5) is 32.4. The van der Waals surface area contributed by atoms with Gasteiger partial charge in [0.25, 0.3) is 5.56 Å². The van der Waals surface area contributed by atoms with E-state index in [0.717, 1.165) is 0 Å². The number of aromatic amines is 1. The van der Waals surface area contributed by atoms with Crippen LogP contribution in [-0.2, 0) is 4.79 Å². The van der Waals surface area contributed by atoms with Gasteiger partial charge < -0.3 is 16.0 Å². The van der Waals surface area contributed by atoms with Crippen LogP contribution in [0, 0.1) is 0 Å². The quantitative estimate of drug-likeness (QED) is 0.710. The minimum absolute atomic E-state index is 0.0671. The van der Waals surface area contributed by atoms with Gasteiger partial charge in [-0.2, -0.15) is 0 Å². The van der Waals surface area contributed by atoms with Gasteiger partial charge >= 0.3 is 0 Å². The minimum atomic E-state index is -0.279. The Balaban J connectivity index is 2.28. The number of aromatic nitrogens is 2. The van der Waals surface area contributed by atoms with Crippen LogP contribution in [0.15, 0.2) is 23.0 Å². The van der Waals surface area contributed by atoms with E-state index < -0.39 is 0 Å². The lowest BCUT2D eigenvalue weighted by molar-refractivity contribution is -0.120. The zero-order chi connectivity index (χ0) is 15.6. The van der Waals surface area contributed by atoms with Crippen LogP contribution < -0.4 is 21.5 Å². The van der Waals surface area contributed by atoms with Crippen molar-refractivity contribution in [2.75, 3.05) is 24.2 Å². The van der Waals surface area contributed by atoms with Gasteiger partial charge in [-0.05, 0) is 32.0 Å². The van der Waals surface area contributed by atoms with Gasteiger partial charge in [0.15, 0.2) is 0 Å². The molecule has 4 N–H and O–H groups in total. The van der Waals surface area contributed by atoms with Gasteiger partial charge in [-0.1, -0.05) is 0 Å². The number of amides is 1. The Kier molecular flexibility index (Phi) is 4.11. The summed E-state index contributed by atoms with van der Waals surface area (Å²) in [5, 5.41) is 3.22. The summed E-state index contributed by atoms with van der Waals surface area (Å²) in [7, 11) is 1.70. The van der Waals surface area contributed by atoms with Crippen LogP contribution in [-0.4, -0.2) is 35.5 Å². The van der Waals surface area contributed by atoms with Gasteiger partial charge in [-0.25, -0.2) is 4.98 Å². The molecule has 0 saturated carbocycles. The monoisotopic (exact) mass is 289 g/mol. The maximum Gasteiger partial charge on any atom is 0.260 e. The van der Waals surface area contributed by atoms with Crippen molar-refractivity contribution in [2.24, 2.45) is 0 Å². The fourth-order valence-electron chi connectivity index (χ4n) is 1.98. The lowest BCUT2D eigenvalue weighted by Gasteiger charge is -2.18. The zero-order valence-corrected chi connectivity index (χ0v) is 12.3. The molecule has 112 valence electrons. The second-order valence-electron chi connectivity index (χ2n) is 5.24. The number of hydrogen-bond donors (Lipinski definition) is 3. The smallest absolute Gasteiger partial charge is 0.260 e. The fourth-order valence-corrected chi connectivity index (χ4v) is 1.98. The minimum Gasteiger partial charge on any atom is -0.399 e. The normalized spacial score (nSPS) is 10.9. The van der Waals surface area contributed by atoms with E-state index in [0.29, 0.717) is 22.5 Å². The highest BCUT2D eigenvalue weighted by molar-refractivity contribution is 5.83. The highest BCUT2D eigenvalue weighted by atomic mass is 16.2. The molecule has 0 fully saturated rings. The summed E-state index contributed by atoms with van der Waals surface area (Å²) < 4.78 is 0. The SMILES string of the molecule is CC(C)NC(=O)CN(C)c1nc2ccc(N)cc2c(=O)[nH]1. The Morgan fingerprint density at radius 2 is 2.19 bits per heavy atom. The first-order chi connectivity index (χ1) is 9.86. The molecule has 0 radical (unpaired) electrons. The number of nitrogens with zero attached hydrogens (tertiary/aromatic N) is 2. The molecule has 1 aromatic carbocycles. The fraction of sp³-hybridized carbons (Fsp3) is 0.357. The maximum absolute atomic E-state index is 12.0. The number of carbonyl (C=O) groups excluding carboxylic acids is 1. The van der Waals surface area contributed by atoms with Crippen LogP contribution in [0.4, 0.5) is 11.6 Å². The van der Waals surface area contributed by atoms with Crippen LogP contribution in [0.25, 0.3) is 10.9 Å². The molecule has 21 heavy (non-hydrogen) atoms. The second-order valence-corrected chi connectivity index (χ2v) is 5.24. The zero-order valence-electron chi connectivity index (χ0n) is 12.3. The first-order valence-electron chi connectivity index (χ1n) is 6.67. The average Bonchev–Trinajstić information content (AvgIpc) is 2.38. The predicted molar refractivity (Wildman–Crippen MR) is 83.3 cm³/mol. The van der Waals surface area contributed by atoms with Gasteiger partial charge in [0.1, 0.15) is 0 Å². The summed E-state index contributed by atoms with van der Waals surface area (Å²) in [5.41, 5.74) is 6.43. The third-order valence-electron chi connectivity index (χ3n) is 2.91. The summed E-state index contributed by atoms with van der Waals surface area (Å²) >= 11 is 0. The maximum atomic E-state index is 12.0. The molecular formula is C14H19N5O2. The molecule has 1 amide bonds. The third-order valence-corrected chi connectivity index (χ3v) is 2.91. The standard InChI is InChI=1S/C14H19N5O2/c1-8(2)16-12(20)7-19(3)14-17-11-5-4-9(15)6-10(11)13(21)18-14/h4-6,8H,7,15H2,1-3H3,(H,16,20)(H,17,18,21). The molecule has 7 nitrogen and oxygen atoms in total. The number of anilines is 2. The van der Waals surface area contributed by atoms with Crippen molar-refractivity contribution in [3.8, 4) is 0 Å². The lowest BCUT2D eigenvalue weighted by atomic mass is 10.2. The van der Waals surface area contributed by atoms with Gasteiger partial charge in [0, 0.05) is 18.8 Å². The molecule has 0 aliphatic carbocycles. The van der Waals surface area contributed by atoms with E-state index in [-0.39, 0.29) is 24.1 Å². The molecule has 0 aliphatic rings. The average molecular weight is 289 g/mol. The number of nitrogens with two attached hydrogens (primary N) is 1. The molecule has 1 heterocycles. The van der Waals surface area contributed by atoms with Crippen LogP contribution in [0.1, 0.15) is 13.8 Å². The van der Waals surface area contributed by atoms with Gasteiger partial charge in [-0.3, -0.25) is 14.6 Å². The number of benzene rings is 1. The molecule has 1 aromatic heterocycles. The van der Waals surface area contributed by atoms with E-state index in [1.807, 2.05) is 13.8 Å². The van der Waals surface area contributed by atoms with E-state index >= 15 is 0 Å². The van der Waals surface area contributed by atoms with Crippen molar-refractivity contribution in [1.82, 2.24) is 15.3 Å². The Morgan fingerprint density at radius 3 is 2.86 bits per heavy atom. The van der Waals surface area contributed by atoms with Crippen molar-refractivity contribution in [2.45, 2.75) is 19.9 Å². The molecular weight excluding hydrogens is 270 g/mol. The van der Waals surface area contributed by atoms with Gasteiger partial charge in [0.05, 0.1) is 17.4 Å². The Morgan fingerprint density at radius 1 is 1.48 bits per heavy atom. The molecule has 0 atom stereocenters. The van der Waals surface area contributed by atoms with Gasteiger partial charge in [-0.15, -0.1) is 0 Å². The summed E-state index contributed by atoms with van der Waals surface area (Å²) in [5.74, 6) is 0.212. The van der Waals surface area contributed by atoms with Crippen LogP contribution in [0.5, 0.6) is 0 Å². The molecule has 2 rings (SSSR count). The van der Waals surface area contributed by atoms with E-state index in [4.69, 9.17) is 5.73 Å². The highest BCUT2D eigenvalue weighted by Gasteiger charge is 2.12. The van der Waals surface area contributed by atoms with Crippen LogP contribution in [0.2, 0.25) is 0 Å². The van der Waals surface area contributed by atoms with E-state index in [9.17, 15) is 9.59 Å². The first kappa shape index (κ1) is 14.8. The van der Waals surface area contributed by atoms with Crippen molar-refractivity contribution in [3.63, 3.8) is 0 Å². The molecule has 0 spiro atoms. The first-order valence-corrected chi connectivity index (χ1v) is 6.67. The number of hydrogen-bond acceptors (Lipinski definition) is 5. The lowest BCUT2D eigenvalue weighted by Crippen LogP contribution is -2.39. The van der Waals surface area contributed by atoms with Crippen molar-refractivity contribution in [3.05, 3.63) is 28.6 Å². The summed E-state index contributed by atoms with van der Waals surface area (Å²) in [6.45, 7) is 3.89. The van der Waals surface area contributed by atoms with Crippen molar-refractivity contribution in [1.29, 1.82) is 0 Å². The van der Waals surface area contributed by atoms with Crippen molar-refractivity contribution >= 4 is 28.4 Å². The number of nitrogens with one attached hydrogen (secondary N) is 2. The number of fused-ring (bicyclic) bond motifs is 1. The number of H-pyrrole nitrogens is 1.